The monoisotopic (exact) mass is 280 g/mol. The molecular weight excluding hydrogens is 248 g/mol. The van der Waals surface area contributed by atoms with Crippen LogP contribution in [0.25, 0.3) is 0 Å². The number of rotatable bonds is 14. The van der Waals surface area contributed by atoms with Gasteiger partial charge in [-0.1, -0.05) is 70.9 Å². The van der Waals surface area contributed by atoms with Crippen LogP contribution in [0.1, 0.15) is 77.6 Å². The molecular formula is C18H32O2. The predicted octanol–water partition coefficient (Wildman–Crippen LogP) is 5.58. The first-order chi connectivity index (χ1) is 9.74. The summed E-state index contributed by atoms with van der Waals surface area (Å²) < 4.78 is 5.28. The number of hydrogen-bond acceptors (Lipinski definition) is 2. The van der Waals surface area contributed by atoms with Gasteiger partial charge < -0.3 is 4.74 Å². The van der Waals surface area contributed by atoms with E-state index in [0.717, 1.165) is 19.3 Å². The Morgan fingerprint density at radius 2 is 1.55 bits per heavy atom. The molecule has 0 unspecified atom stereocenters. The Morgan fingerprint density at radius 1 is 1.00 bits per heavy atom. The van der Waals surface area contributed by atoms with Gasteiger partial charge in [0.2, 0.25) is 0 Å². The fraction of sp³-hybridized carbons (Fsp3) is 0.722. The third-order valence-corrected chi connectivity index (χ3v) is 3.51. The van der Waals surface area contributed by atoms with Crippen molar-refractivity contribution in [2.24, 2.45) is 0 Å². The van der Waals surface area contributed by atoms with Crippen LogP contribution in [0.4, 0.5) is 0 Å². The number of unbranched alkanes of at least 4 members (excludes halogenated alkanes) is 8. The minimum absolute atomic E-state index is 0.0254. The topological polar surface area (TPSA) is 26.3 Å². The summed E-state index contributed by atoms with van der Waals surface area (Å²) in [5.74, 6) is -0.326. The molecule has 0 saturated carbocycles. The molecule has 116 valence electrons. The summed E-state index contributed by atoms with van der Waals surface area (Å²) in [4.78, 5) is 11.2. The van der Waals surface area contributed by atoms with E-state index in [1.54, 1.807) is 0 Å². The molecule has 0 aliphatic rings. The van der Waals surface area contributed by atoms with Crippen molar-refractivity contribution >= 4 is 5.97 Å². The van der Waals surface area contributed by atoms with E-state index in [-0.39, 0.29) is 12.1 Å². The third kappa shape index (κ3) is 12.0. The molecule has 0 aromatic rings. The molecule has 0 rings (SSSR count). The summed E-state index contributed by atoms with van der Waals surface area (Å²) in [6, 6.07) is 0. The molecule has 0 spiro atoms. The van der Waals surface area contributed by atoms with E-state index in [1.165, 1.54) is 57.4 Å². The predicted molar refractivity (Wildman–Crippen MR) is 86.7 cm³/mol. The van der Waals surface area contributed by atoms with Gasteiger partial charge in [-0.15, -0.1) is 6.58 Å². The average Bonchev–Trinajstić information content (AvgIpc) is 2.45. The van der Waals surface area contributed by atoms with E-state index in [2.05, 4.69) is 20.1 Å². The third-order valence-electron chi connectivity index (χ3n) is 3.51. The molecule has 0 radical (unpaired) electrons. The molecule has 0 aromatic heterocycles. The first-order valence-corrected chi connectivity index (χ1v) is 8.18. The molecule has 0 aliphatic heterocycles. The second-order valence-electron chi connectivity index (χ2n) is 5.40. The molecule has 0 saturated heterocycles. The van der Waals surface area contributed by atoms with Gasteiger partial charge in [0, 0.05) is 12.5 Å². The Balaban J connectivity index is 3.51. The first-order valence-electron chi connectivity index (χ1n) is 8.18. The van der Waals surface area contributed by atoms with Gasteiger partial charge in [-0.2, -0.15) is 0 Å². The highest BCUT2D eigenvalue weighted by atomic mass is 16.5. The van der Waals surface area contributed by atoms with Crippen LogP contribution in [0.15, 0.2) is 25.3 Å². The summed E-state index contributed by atoms with van der Waals surface area (Å²) in [7, 11) is 0. The maximum Gasteiger partial charge on any atom is 0.330 e. The van der Waals surface area contributed by atoms with Crippen molar-refractivity contribution in [2.75, 3.05) is 0 Å². The Labute approximate surface area is 125 Å². The van der Waals surface area contributed by atoms with Crippen LogP contribution in [0, 0.1) is 0 Å². The number of esters is 1. The van der Waals surface area contributed by atoms with Crippen LogP contribution in [-0.4, -0.2) is 12.1 Å². The molecule has 0 bridgehead atoms. The van der Waals surface area contributed by atoms with Gasteiger partial charge in [-0.3, -0.25) is 0 Å². The lowest BCUT2D eigenvalue weighted by molar-refractivity contribution is -0.143. The zero-order valence-electron chi connectivity index (χ0n) is 13.2. The van der Waals surface area contributed by atoms with Crippen LogP contribution >= 0.6 is 0 Å². The zero-order valence-corrected chi connectivity index (χ0v) is 13.2. The summed E-state index contributed by atoms with van der Waals surface area (Å²) in [6.07, 6.45) is 16.5. The van der Waals surface area contributed by atoms with E-state index < -0.39 is 0 Å². The van der Waals surface area contributed by atoms with Crippen LogP contribution < -0.4 is 0 Å². The first kappa shape index (κ1) is 18.9. The Kier molecular flexibility index (Phi) is 13.6. The van der Waals surface area contributed by atoms with E-state index in [1.807, 2.05) is 6.08 Å². The van der Waals surface area contributed by atoms with Crippen LogP contribution in [-0.2, 0) is 9.53 Å². The van der Waals surface area contributed by atoms with Gasteiger partial charge in [-0.05, 0) is 12.8 Å². The highest BCUT2D eigenvalue weighted by Crippen LogP contribution is 2.14. The van der Waals surface area contributed by atoms with Crippen molar-refractivity contribution in [3.8, 4) is 0 Å². The standard InChI is InChI=1S/C18H32O2/c1-4-7-8-9-10-11-12-13-14-16-17(15-5-2)20-18(19)6-3/h5-6,17H,2-4,7-16H2,1H3/t17-/m0/s1. The van der Waals surface area contributed by atoms with Gasteiger partial charge in [0.1, 0.15) is 6.10 Å². The highest BCUT2D eigenvalue weighted by molar-refractivity contribution is 5.81. The SMILES string of the molecule is C=CC[C@@H](CCCCCCCCCCC)OC(=O)C=C. The normalized spacial score (nSPS) is 11.8. The van der Waals surface area contributed by atoms with E-state index in [0.29, 0.717) is 0 Å². The van der Waals surface area contributed by atoms with Crippen LogP contribution in [0.5, 0.6) is 0 Å². The van der Waals surface area contributed by atoms with Crippen molar-refractivity contribution in [1.82, 2.24) is 0 Å². The minimum atomic E-state index is -0.326. The largest absolute Gasteiger partial charge is 0.459 e. The molecule has 1 atom stereocenters. The number of hydrogen-bond donors (Lipinski definition) is 0. The fourth-order valence-corrected chi connectivity index (χ4v) is 2.31. The average molecular weight is 280 g/mol. The number of ether oxygens (including phenoxy) is 1. The van der Waals surface area contributed by atoms with E-state index in [4.69, 9.17) is 4.74 Å². The molecule has 0 heterocycles. The Bertz CT molecular complexity index is 258. The molecule has 0 N–H and O–H groups in total. The van der Waals surface area contributed by atoms with E-state index >= 15 is 0 Å². The molecule has 0 aromatic carbocycles. The summed E-state index contributed by atoms with van der Waals surface area (Å²) in [5, 5.41) is 0. The molecule has 20 heavy (non-hydrogen) atoms. The van der Waals surface area contributed by atoms with Crippen LogP contribution in [0.3, 0.4) is 0 Å². The highest BCUT2D eigenvalue weighted by Gasteiger charge is 2.10. The summed E-state index contributed by atoms with van der Waals surface area (Å²) in [6.45, 7) is 9.38. The molecule has 2 nitrogen and oxygen atoms in total. The fourth-order valence-electron chi connectivity index (χ4n) is 2.31. The molecule has 0 fully saturated rings. The molecule has 0 aliphatic carbocycles. The molecule has 0 amide bonds. The summed E-state index contributed by atoms with van der Waals surface area (Å²) >= 11 is 0. The zero-order chi connectivity index (χ0) is 15.1. The Hall–Kier alpha value is -1.05. The summed E-state index contributed by atoms with van der Waals surface area (Å²) in [5.41, 5.74) is 0. The van der Waals surface area contributed by atoms with Crippen molar-refractivity contribution in [2.45, 2.75) is 83.7 Å². The van der Waals surface area contributed by atoms with Crippen molar-refractivity contribution in [1.29, 1.82) is 0 Å². The smallest absolute Gasteiger partial charge is 0.330 e. The maximum absolute atomic E-state index is 11.2. The lowest BCUT2D eigenvalue weighted by atomic mass is 10.0. The Morgan fingerprint density at radius 3 is 2.05 bits per heavy atom. The van der Waals surface area contributed by atoms with Gasteiger partial charge in [0.25, 0.3) is 0 Å². The molecule has 2 heteroatoms. The quantitative estimate of drug-likeness (QED) is 0.180. The minimum Gasteiger partial charge on any atom is -0.459 e. The van der Waals surface area contributed by atoms with Gasteiger partial charge in [0.05, 0.1) is 0 Å². The van der Waals surface area contributed by atoms with Crippen molar-refractivity contribution < 1.29 is 9.53 Å². The lowest BCUT2D eigenvalue weighted by Crippen LogP contribution is -2.15. The van der Waals surface area contributed by atoms with Gasteiger partial charge >= 0.3 is 5.97 Å². The van der Waals surface area contributed by atoms with Crippen molar-refractivity contribution in [3.63, 3.8) is 0 Å². The second-order valence-corrected chi connectivity index (χ2v) is 5.40. The number of carbonyl (C=O) groups is 1. The van der Waals surface area contributed by atoms with Gasteiger partial charge in [-0.25, -0.2) is 4.79 Å². The van der Waals surface area contributed by atoms with Crippen LogP contribution in [0.2, 0.25) is 0 Å². The van der Waals surface area contributed by atoms with Gasteiger partial charge in [0.15, 0.2) is 0 Å². The lowest BCUT2D eigenvalue weighted by Gasteiger charge is -2.15. The van der Waals surface area contributed by atoms with E-state index in [9.17, 15) is 4.79 Å². The number of carbonyl (C=O) groups excluding carboxylic acids is 1. The maximum atomic E-state index is 11.2. The van der Waals surface area contributed by atoms with Crippen molar-refractivity contribution in [3.05, 3.63) is 25.3 Å². The second kappa shape index (κ2) is 14.4.